The van der Waals surface area contributed by atoms with Gasteiger partial charge in [-0.05, 0) is 6.92 Å². The van der Waals surface area contributed by atoms with Gasteiger partial charge in [0.1, 0.15) is 0 Å². The molecule has 0 amide bonds. The van der Waals surface area contributed by atoms with Gasteiger partial charge in [-0.2, -0.15) is 6.07 Å². The first kappa shape index (κ1) is 19.6. The zero-order valence-corrected chi connectivity index (χ0v) is 15.0. The quantitative estimate of drug-likeness (QED) is 0.459. The summed E-state index contributed by atoms with van der Waals surface area (Å²) in [4.78, 5) is 13.7. The molecule has 2 nitrogen and oxygen atoms in total. The summed E-state index contributed by atoms with van der Waals surface area (Å²) >= 11 is 0. The van der Waals surface area contributed by atoms with Crippen LogP contribution in [0.2, 0.25) is 0 Å². The second-order valence-corrected chi connectivity index (χ2v) is 1.82. The van der Waals surface area contributed by atoms with Crippen LogP contribution in [0.4, 0.5) is 0 Å². The Morgan fingerprint density at radius 2 is 1.92 bits per heavy atom. The molecule has 0 atom stereocenters. The van der Waals surface area contributed by atoms with Crippen LogP contribution in [0.3, 0.4) is 0 Å². The Hall–Kier alpha value is 2.04. The summed E-state index contributed by atoms with van der Waals surface area (Å²) in [5.41, 5.74) is 1.41. The Balaban J connectivity index is -0.000000270. The molecule has 1 aromatic rings. The Labute approximate surface area is 148 Å². The van der Waals surface area contributed by atoms with Crippen molar-refractivity contribution in [2.24, 2.45) is 0 Å². The van der Waals surface area contributed by atoms with Crippen LogP contribution < -0.4 is 0 Å². The van der Waals surface area contributed by atoms with Crippen LogP contribution in [0.1, 0.15) is 11.3 Å². The molecule has 0 saturated carbocycles. The number of rotatable bonds is 1. The topological polar surface area (TPSA) is 30.0 Å². The minimum atomic E-state index is 0. The van der Waals surface area contributed by atoms with Crippen molar-refractivity contribution in [2.75, 3.05) is 0 Å². The summed E-state index contributed by atoms with van der Waals surface area (Å²) in [6.45, 7) is 1.92. The van der Waals surface area contributed by atoms with Crippen molar-refractivity contribution in [1.29, 1.82) is 0 Å². The van der Waals surface area contributed by atoms with E-state index in [0.29, 0.717) is 5.69 Å². The van der Waals surface area contributed by atoms with Crippen molar-refractivity contribution in [3.8, 4) is 0 Å². The van der Waals surface area contributed by atoms with Crippen molar-refractivity contribution in [2.45, 2.75) is 6.92 Å². The molecule has 62 valence electrons. The van der Waals surface area contributed by atoms with E-state index in [9.17, 15) is 4.79 Å². The second-order valence-electron chi connectivity index (χ2n) is 1.82. The molecular formula is C7H6NNiOPr2-. The van der Waals surface area contributed by atoms with E-state index in [0.717, 1.165) is 5.56 Å². The summed E-state index contributed by atoms with van der Waals surface area (Å²) in [5, 5.41) is 0. The third kappa shape index (κ3) is 7.45. The standard InChI is InChI=1S/C7H6NO.Ni.2Pr/c1-6-2-3-7(5-9)8-4-6;;;/h2-4H,1H3;;;/q-1;;;. The van der Waals surface area contributed by atoms with Gasteiger partial charge in [0, 0.05) is 112 Å². The van der Waals surface area contributed by atoms with Crippen LogP contribution in [0, 0.1) is 89.5 Å². The molecule has 0 bridgehead atoms. The van der Waals surface area contributed by atoms with E-state index in [1.165, 1.54) is 0 Å². The molecule has 1 rings (SSSR count). The second kappa shape index (κ2) is 11.1. The molecule has 12 heavy (non-hydrogen) atoms. The maximum Gasteiger partial charge on any atom is 0.0252 e. The fourth-order valence-electron chi connectivity index (χ4n) is 0.528. The first-order valence-corrected chi connectivity index (χ1v) is 2.64. The summed E-state index contributed by atoms with van der Waals surface area (Å²) in [6, 6.07) is 3.47. The summed E-state index contributed by atoms with van der Waals surface area (Å²) in [5.74, 6) is 0. The van der Waals surface area contributed by atoms with Gasteiger partial charge in [-0.1, -0.05) is 11.3 Å². The van der Waals surface area contributed by atoms with E-state index in [1.807, 2.05) is 13.0 Å². The molecule has 0 aliphatic carbocycles. The molecule has 0 aromatic carbocycles. The maximum absolute atomic E-state index is 9.93. The van der Waals surface area contributed by atoms with E-state index in [1.54, 1.807) is 18.5 Å². The third-order valence-electron chi connectivity index (χ3n) is 1.02. The molecule has 0 N–H and O–H groups in total. The van der Waals surface area contributed by atoms with Crippen molar-refractivity contribution in [3.63, 3.8) is 0 Å². The number of pyridine rings is 1. The third-order valence-corrected chi connectivity index (χ3v) is 1.02. The van der Waals surface area contributed by atoms with Gasteiger partial charge in [-0.3, -0.25) is 4.98 Å². The van der Waals surface area contributed by atoms with E-state index in [4.69, 9.17) is 0 Å². The zero-order chi connectivity index (χ0) is 6.69. The number of hydrogen-bond donors (Lipinski definition) is 0. The summed E-state index contributed by atoms with van der Waals surface area (Å²) < 4.78 is 0. The molecule has 0 unspecified atom stereocenters. The van der Waals surface area contributed by atoms with Gasteiger partial charge in [0.2, 0.25) is 0 Å². The van der Waals surface area contributed by atoms with Crippen LogP contribution in [-0.4, -0.2) is 11.3 Å². The molecule has 1 heterocycles. The van der Waals surface area contributed by atoms with Crippen molar-refractivity contribution in [3.05, 3.63) is 29.6 Å². The Morgan fingerprint density at radius 1 is 1.33 bits per heavy atom. The first-order valence-electron chi connectivity index (χ1n) is 2.64. The van der Waals surface area contributed by atoms with Crippen molar-refractivity contribution < 1.29 is 104 Å². The molecule has 0 saturated heterocycles. The predicted molar refractivity (Wildman–Crippen MR) is 33.8 cm³/mol. The van der Waals surface area contributed by atoms with E-state index in [2.05, 4.69) is 4.98 Å². The minimum absolute atomic E-state index is 0. The van der Waals surface area contributed by atoms with Crippen LogP contribution in [0.25, 0.3) is 0 Å². The molecular weight excluding hydrogens is 455 g/mol. The van der Waals surface area contributed by atoms with Crippen LogP contribution in [0.5, 0.6) is 0 Å². The van der Waals surface area contributed by atoms with E-state index < -0.39 is 0 Å². The average Bonchev–Trinajstić information content (AvgIpc) is 1.90. The molecule has 0 spiro atoms. The maximum atomic E-state index is 9.93. The van der Waals surface area contributed by atoms with E-state index in [-0.39, 0.29) is 99.1 Å². The molecule has 1 aromatic heterocycles. The number of aryl methyl sites for hydroxylation is 1. The SMILES string of the molecule is Cc1ccc([C-]=O)nc1.[Ni].[Pr].[Pr]. The first-order chi connectivity index (χ1) is 4.33. The average molecular weight is 461 g/mol. The van der Waals surface area contributed by atoms with Crippen LogP contribution in [0.15, 0.2) is 18.3 Å². The molecule has 0 aliphatic rings. The number of carbonyl (C=O) groups excluding carboxylic acids is 1. The monoisotopic (exact) mass is 460 g/mol. The van der Waals surface area contributed by atoms with Gasteiger partial charge in [0.05, 0.1) is 0 Å². The minimum Gasteiger partial charge on any atom is -0.417 e. The number of hydrogen-bond acceptors (Lipinski definition) is 2. The fourth-order valence-corrected chi connectivity index (χ4v) is 0.528. The van der Waals surface area contributed by atoms with Gasteiger partial charge in [-0.25, -0.2) is 0 Å². The Kier molecular flexibility index (Phi) is 18.1. The zero-order valence-electron chi connectivity index (χ0n) is 6.56. The van der Waals surface area contributed by atoms with Crippen molar-refractivity contribution in [1.82, 2.24) is 4.98 Å². The largest absolute Gasteiger partial charge is 0.417 e. The van der Waals surface area contributed by atoms with Crippen LogP contribution >= 0.6 is 0 Å². The molecule has 0 fully saturated rings. The van der Waals surface area contributed by atoms with Gasteiger partial charge < -0.3 is 4.79 Å². The van der Waals surface area contributed by atoms with Crippen molar-refractivity contribution >= 4 is 6.29 Å². The molecule has 2 radical (unpaired) electrons. The van der Waals surface area contributed by atoms with Gasteiger partial charge in [-0.15, -0.1) is 6.07 Å². The smallest absolute Gasteiger partial charge is 0.0252 e. The Bertz CT molecular complexity index is 215. The molecule has 5 heteroatoms. The van der Waals surface area contributed by atoms with Gasteiger partial charge in [0.25, 0.3) is 0 Å². The number of aromatic nitrogens is 1. The summed E-state index contributed by atoms with van der Waals surface area (Å²) in [6.07, 6.45) is 3.33. The van der Waals surface area contributed by atoms with E-state index >= 15 is 0 Å². The number of nitrogens with zero attached hydrogens (tertiary/aromatic N) is 1. The van der Waals surface area contributed by atoms with Gasteiger partial charge >= 0.3 is 0 Å². The normalized spacial score (nSPS) is 6.75. The predicted octanol–water partition coefficient (Wildman–Crippen LogP) is 0.845. The Morgan fingerprint density at radius 3 is 2.25 bits per heavy atom. The van der Waals surface area contributed by atoms with Crippen LogP contribution in [-0.2, 0) is 21.3 Å². The molecule has 0 aliphatic heterocycles. The van der Waals surface area contributed by atoms with Gasteiger partial charge in [0.15, 0.2) is 0 Å². The summed E-state index contributed by atoms with van der Waals surface area (Å²) in [7, 11) is 0. The fraction of sp³-hybridized carbons (Fsp3) is 0.143.